The molecule has 0 bridgehead atoms. The number of rotatable bonds is 4. The molecule has 0 unspecified atom stereocenters. The van der Waals surface area contributed by atoms with Crippen molar-refractivity contribution in [3.05, 3.63) is 42.0 Å². The molecule has 1 aromatic heterocycles. The zero-order chi connectivity index (χ0) is 22.9. The van der Waals surface area contributed by atoms with E-state index in [1.807, 2.05) is 17.0 Å². The maximum absolute atomic E-state index is 12.8. The number of piperazine rings is 1. The SMILES string of the molecule is CC1CCN(c2ccc(N3CCN(S(=O)(=O)c4ccc(C(F)(F)F)cc4)CC3)nn2)CC1. The number of sulfonamides is 1. The van der Waals surface area contributed by atoms with Gasteiger partial charge in [0, 0.05) is 39.3 Å². The van der Waals surface area contributed by atoms with Crippen LogP contribution in [0.2, 0.25) is 0 Å². The third-order valence-corrected chi connectivity index (χ3v) is 8.04. The lowest BCUT2D eigenvalue weighted by Gasteiger charge is -2.35. The molecular formula is C21H26F3N5O2S. The topological polar surface area (TPSA) is 69.6 Å². The predicted octanol–water partition coefficient (Wildman–Crippen LogP) is 3.24. The van der Waals surface area contributed by atoms with Gasteiger partial charge in [0.05, 0.1) is 10.5 Å². The van der Waals surface area contributed by atoms with Crippen LogP contribution in [-0.4, -0.2) is 62.2 Å². The lowest BCUT2D eigenvalue weighted by molar-refractivity contribution is -0.137. The highest BCUT2D eigenvalue weighted by molar-refractivity contribution is 7.89. The van der Waals surface area contributed by atoms with Crippen molar-refractivity contribution in [1.29, 1.82) is 0 Å². The molecule has 2 aromatic rings. The zero-order valence-corrected chi connectivity index (χ0v) is 18.6. The number of alkyl halides is 3. The van der Waals surface area contributed by atoms with Crippen LogP contribution in [0.1, 0.15) is 25.3 Å². The summed E-state index contributed by atoms with van der Waals surface area (Å²) in [6, 6.07) is 7.46. The lowest BCUT2D eigenvalue weighted by atomic mass is 9.99. The van der Waals surface area contributed by atoms with E-state index < -0.39 is 21.8 Å². The van der Waals surface area contributed by atoms with Crippen molar-refractivity contribution < 1.29 is 21.6 Å². The van der Waals surface area contributed by atoms with E-state index in [2.05, 4.69) is 22.0 Å². The minimum absolute atomic E-state index is 0.140. The fourth-order valence-electron chi connectivity index (χ4n) is 4.02. The molecule has 0 amide bonds. The van der Waals surface area contributed by atoms with Crippen LogP contribution < -0.4 is 9.80 Å². The fourth-order valence-corrected chi connectivity index (χ4v) is 5.44. The van der Waals surface area contributed by atoms with Gasteiger partial charge in [-0.2, -0.15) is 17.5 Å². The zero-order valence-electron chi connectivity index (χ0n) is 17.8. The van der Waals surface area contributed by atoms with E-state index in [-0.39, 0.29) is 18.0 Å². The molecule has 11 heteroatoms. The molecule has 174 valence electrons. The molecule has 2 aliphatic rings. The summed E-state index contributed by atoms with van der Waals surface area (Å²) in [6.07, 6.45) is -2.23. The molecule has 2 saturated heterocycles. The summed E-state index contributed by atoms with van der Waals surface area (Å²) in [4.78, 5) is 4.05. The maximum Gasteiger partial charge on any atom is 0.416 e. The number of anilines is 2. The first-order chi connectivity index (χ1) is 15.1. The Balaban J connectivity index is 1.37. The van der Waals surface area contributed by atoms with Crippen molar-refractivity contribution in [2.24, 2.45) is 5.92 Å². The number of nitrogens with zero attached hydrogens (tertiary/aromatic N) is 5. The summed E-state index contributed by atoms with van der Waals surface area (Å²) in [6.45, 7) is 5.48. The van der Waals surface area contributed by atoms with Gasteiger partial charge in [-0.25, -0.2) is 8.42 Å². The highest BCUT2D eigenvalue weighted by Crippen LogP contribution is 2.30. The van der Waals surface area contributed by atoms with Crippen LogP contribution >= 0.6 is 0 Å². The molecule has 32 heavy (non-hydrogen) atoms. The summed E-state index contributed by atoms with van der Waals surface area (Å²) >= 11 is 0. The van der Waals surface area contributed by atoms with Gasteiger partial charge >= 0.3 is 6.18 Å². The fraction of sp³-hybridized carbons (Fsp3) is 0.524. The molecule has 2 fully saturated rings. The second-order valence-electron chi connectivity index (χ2n) is 8.33. The average Bonchev–Trinajstić information content (AvgIpc) is 2.79. The molecule has 0 atom stereocenters. The van der Waals surface area contributed by atoms with E-state index in [4.69, 9.17) is 0 Å². The van der Waals surface area contributed by atoms with E-state index in [0.29, 0.717) is 18.9 Å². The molecule has 0 spiro atoms. The highest BCUT2D eigenvalue weighted by atomic mass is 32.2. The van der Waals surface area contributed by atoms with Gasteiger partial charge in [-0.05, 0) is 55.2 Å². The van der Waals surface area contributed by atoms with Gasteiger partial charge in [-0.15, -0.1) is 10.2 Å². The summed E-state index contributed by atoms with van der Waals surface area (Å²) in [5.74, 6) is 2.27. The van der Waals surface area contributed by atoms with E-state index in [1.165, 1.54) is 4.31 Å². The molecule has 7 nitrogen and oxygen atoms in total. The van der Waals surface area contributed by atoms with Gasteiger partial charge in [0.25, 0.3) is 0 Å². The third kappa shape index (κ3) is 4.83. The van der Waals surface area contributed by atoms with Crippen LogP contribution in [0.25, 0.3) is 0 Å². The quantitative estimate of drug-likeness (QED) is 0.685. The highest BCUT2D eigenvalue weighted by Gasteiger charge is 2.33. The molecule has 2 aliphatic heterocycles. The van der Waals surface area contributed by atoms with Crippen LogP contribution in [0.4, 0.5) is 24.8 Å². The van der Waals surface area contributed by atoms with Crippen LogP contribution in [0.15, 0.2) is 41.3 Å². The van der Waals surface area contributed by atoms with Crippen molar-refractivity contribution in [3.63, 3.8) is 0 Å². The second-order valence-corrected chi connectivity index (χ2v) is 10.3. The van der Waals surface area contributed by atoms with Gasteiger partial charge in [-0.3, -0.25) is 0 Å². The van der Waals surface area contributed by atoms with Gasteiger partial charge in [0.1, 0.15) is 0 Å². The first-order valence-corrected chi connectivity index (χ1v) is 12.1. The van der Waals surface area contributed by atoms with Crippen LogP contribution in [0.5, 0.6) is 0 Å². The van der Waals surface area contributed by atoms with E-state index in [0.717, 1.165) is 61.9 Å². The van der Waals surface area contributed by atoms with Crippen LogP contribution in [0.3, 0.4) is 0 Å². The largest absolute Gasteiger partial charge is 0.416 e. The molecule has 0 N–H and O–H groups in total. The van der Waals surface area contributed by atoms with Crippen molar-refractivity contribution in [3.8, 4) is 0 Å². The Morgan fingerprint density at radius 1 is 0.812 bits per heavy atom. The number of hydrogen-bond donors (Lipinski definition) is 0. The third-order valence-electron chi connectivity index (χ3n) is 6.13. The van der Waals surface area contributed by atoms with Gasteiger partial charge in [0.2, 0.25) is 10.0 Å². The number of halogens is 3. The number of benzene rings is 1. The number of piperidine rings is 1. The standard InChI is InChI=1S/C21H26F3N5O2S/c1-16-8-10-27(11-9-16)19-6-7-20(26-25-19)28-12-14-29(15-13-28)32(30,31)18-4-2-17(3-5-18)21(22,23)24/h2-7,16H,8-15H2,1H3. The summed E-state index contributed by atoms with van der Waals surface area (Å²) in [5, 5.41) is 8.69. The molecular weight excluding hydrogens is 443 g/mol. The first-order valence-electron chi connectivity index (χ1n) is 10.7. The summed E-state index contributed by atoms with van der Waals surface area (Å²) < 4.78 is 65.2. The van der Waals surface area contributed by atoms with E-state index in [9.17, 15) is 21.6 Å². The second kappa shape index (κ2) is 8.86. The Hall–Kier alpha value is -2.40. The summed E-state index contributed by atoms with van der Waals surface area (Å²) in [5.41, 5.74) is -0.873. The van der Waals surface area contributed by atoms with Crippen molar-refractivity contribution in [1.82, 2.24) is 14.5 Å². The van der Waals surface area contributed by atoms with E-state index >= 15 is 0 Å². The number of aromatic nitrogens is 2. The first kappa shape index (κ1) is 22.8. The summed E-state index contributed by atoms with van der Waals surface area (Å²) in [7, 11) is -3.86. The van der Waals surface area contributed by atoms with Crippen LogP contribution in [0, 0.1) is 5.92 Å². The minimum Gasteiger partial charge on any atom is -0.355 e. The van der Waals surface area contributed by atoms with Crippen molar-refractivity contribution in [2.75, 3.05) is 49.1 Å². The molecule has 1 aromatic carbocycles. The Morgan fingerprint density at radius 2 is 1.31 bits per heavy atom. The Bertz CT molecular complexity index is 1010. The average molecular weight is 470 g/mol. The Labute approximate surface area is 185 Å². The molecule has 0 radical (unpaired) electrons. The minimum atomic E-state index is -4.50. The maximum atomic E-state index is 12.8. The molecule has 0 saturated carbocycles. The predicted molar refractivity (Wildman–Crippen MR) is 115 cm³/mol. The molecule has 3 heterocycles. The Kier molecular flexibility index (Phi) is 6.30. The van der Waals surface area contributed by atoms with Gasteiger partial charge in [-0.1, -0.05) is 6.92 Å². The van der Waals surface area contributed by atoms with Gasteiger partial charge < -0.3 is 9.80 Å². The normalized spacial score (nSPS) is 19.4. The van der Waals surface area contributed by atoms with Crippen LogP contribution in [-0.2, 0) is 16.2 Å². The van der Waals surface area contributed by atoms with Gasteiger partial charge in [0.15, 0.2) is 11.6 Å². The van der Waals surface area contributed by atoms with Crippen molar-refractivity contribution >= 4 is 21.7 Å². The smallest absolute Gasteiger partial charge is 0.355 e. The lowest BCUT2D eigenvalue weighted by Crippen LogP contribution is -2.49. The van der Waals surface area contributed by atoms with E-state index in [1.54, 1.807) is 0 Å². The number of hydrogen-bond acceptors (Lipinski definition) is 6. The monoisotopic (exact) mass is 469 g/mol. The van der Waals surface area contributed by atoms with Crippen molar-refractivity contribution in [2.45, 2.75) is 30.8 Å². The molecule has 4 rings (SSSR count). The Morgan fingerprint density at radius 3 is 1.78 bits per heavy atom. The molecule has 0 aliphatic carbocycles.